The number of amides is 2. The van der Waals surface area contributed by atoms with E-state index in [1.54, 1.807) is 12.1 Å². The van der Waals surface area contributed by atoms with E-state index in [9.17, 15) is 14.3 Å². The molecule has 0 spiro atoms. The maximum atomic E-state index is 13.2. The van der Waals surface area contributed by atoms with E-state index in [0.717, 1.165) is 37.8 Å². The molecule has 4 bridgehead atoms. The van der Waals surface area contributed by atoms with Gasteiger partial charge in [-0.2, -0.15) is 0 Å². The summed E-state index contributed by atoms with van der Waals surface area (Å²) in [6, 6.07) is 14.2. The highest BCUT2D eigenvalue weighted by atomic mass is 19.1. The number of carbonyl (C=O) groups is 1. The molecule has 3 N–H and O–H groups in total. The van der Waals surface area contributed by atoms with E-state index < -0.39 is 6.10 Å². The smallest absolute Gasteiger partial charge is 0.319 e. The third-order valence-electron chi connectivity index (χ3n) is 9.33. The Morgan fingerprint density at radius 3 is 2.64 bits per heavy atom. The van der Waals surface area contributed by atoms with Crippen molar-refractivity contribution in [3.05, 3.63) is 72.4 Å². The Hall–Kier alpha value is -3.19. The summed E-state index contributed by atoms with van der Waals surface area (Å²) in [5.41, 5.74) is 3.99. The van der Waals surface area contributed by atoms with Crippen LogP contribution in [0.1, 0.15) is 50.1 Å². The van der Waals surface area contributed by atoms with Crippen LogP contribution in [-0.2, 0) is 0 Å². The summed E-state index contributed by atoms with van der Waals surface area (Å²) in [6.45, 7) is 0. The third-order valence-corrected chi connectivity index (χ3v) is 9.33. The predicted molar refractivity (Wildman–Crippen MR) is 135 cm³/mol. The molecule has 2 aromatic carbocycles. The van der Waals surface area contributed by atoms with Gasteiger partial charge in [0.05, 0.1) is 30.4 Å². The molecule has 36 heavy (non-hydrogen) atoms. The van der Waals surface area contributed by atoms with Crippen molar-refractivity contribution in [1.82, 2.24) is 14.9 Å². The third kappa shape index (κ3) is 3.55. The highest BCUT2D eigenvalue weighted by molar-refractivity contribution is 5.89. The Bertz CT molecular complexity index is 1290. The number of nitrogens with zero attached hydrogens (tertiary/aromatic N) is 2. The van der Waals surface area contributed by atoms with Crippen LogP contribution in [0, 0.1) is 29.5 Å². The molecule has 2 amide bonds. The number of imidazole rings is 1. The van der Waals surface area contributed by atoms with Crippen LogP contribution in [0.5, 0.6) is 0 Å². The zero-order valence-corrected chi connectivity index (χ0v) is 20.1. The van der Waals surface area contributed by atoms with Crippen LogP contribution < -0.4 is 10.6 Å². The molecule has 4 atom stereocenters. The van der Waals surface area contributed by atoms with Crippen molar-refractivity contribution in [2.75, 3.05) is 5.32 Å². The number of anilines is 1. The zero-order chi connectivity index (χ0) is 24.4. The highest BCUT2D eigenvalue weighted by Crippen LogP contribution is 2.60. The minimum Gasteiger partial charge on any atom is -0.393 e. The molecule has 3 aromatic rings. The van der Waals surface area contributed by atoms with Crippen molar-refractivity contribution in [1.29, 1.82) is 0 Å². The Kier molecular flexibility index (Phi) is 5.00. The lowest BCUT2D eigenvalue weighted by molar-refractivity contribution is -0.108. The van der Waals surface area contributed by atoms with E-state index in [1.165, 1.54) is 23.3 Å². The first kappa shape index (κ1) is 22.0. The second kappa shape index (κ2) is 8.17. The molecule has 4 fully saturated rings. The molecule has 2 heterocycles. The summed E-state index contributed by atoms with van der Waals surface area (Å²) >= 11 is 0. The summed E-state index contributed by atoms with van der Waals surface area (Å²) in [4.78, 5) is 17.2. The standard InChI is InChI=1S/C29H31FN4O2/c30-20-5-7-21(8-6-20)32-28(36)33-29-12-17-9-18(13-29)27(19(10-17)14-29)26(35)11-24-22-3-1-2-4-23(22)25-15-31-16-34(24)25/h1-8,15-19,24,26-27,35H,9-14H2,(H2,32,33,36). The number of nitrogens with one attached hydrogen (secondary N) is 2. The molecule has 5 aliphatic rings. The number of rotatable bonds is 5. The largest absolute Gasteiger partial charge is 0.393 e. The molecule has 7 heteroatoms. The predicted octanol–water partition coefficient (Wildman–Crippen LogP) is 5.36. The highest BCUT2D eigenvalue weighted by Gasteiger charge is 2.57. The molecule has 1 aromatic heterocycles. The van der Waals surface area contributed by atoms with Gasteiger partial charge in [0.25, 0.3) is 0 Å². The molecule has 1 aliphatic heterocycles. The van der Waals surface area contributed by atoms with E-state index in [1.807, 2.05) is 12.5 Å². The van der Waals surface area contributed by atoms with Crippen molar-refractivity contribution in [2.24, 2.45) is 23.7 Å². The van der Waals surface area contributed by atoms with Crippen molar-refractivity contribution in [3.63, 3.8) is 0 Å². The first-order chi connectivity index (χ1) is 17.5. The number of carbonyl (C=O) groups excluding carboxylic acids is 1. The van der Waals surface area contributed by atoms with Gasteiger partial charge in [-0.1, -0.05) is 24.3 Å². The van der Waals surface area contributed by atoms with Gasteiger partial charge in [-0.15, -0.1) is 0 Å². The van der Waals surface area contributed by atoms with Gasteiger partial charge < -0.3 is 20.3 Å². The number of fused-ring (bicyclic) bond motifs is 3. The average molecular weight is 487 g/mol. The van der Waals surface area contributed by atoms with Crippen LogP contribution in [0.4, 0.5) is 14.9 Å². The van der Waals surface area contributed by atoms with E-state index in [2.05, 4.69) is 44.5 Å². The lowest BCUT2D eigenvalue weighted by Crippen LogP contribution is -2.64. The maximum absolute atomic E-state index is 13.2. The second-order valence-corrected chi connectivity index (χ2v) is 11.5. The molecular weight excluding hydrogens is 455 g/mol. The van der Waals surface area contributed by atoms with Gasteiger partial charge in [-0.25, -0.2) is 14.2 Å². The number of benzene rings is 2. The number of halogens is 1. The first-order valence-electron chi connectivity index (χ1n) is 13.1. The molecule has 4 aliphatic carbocycles. The average Bonchev–Trinajstić information content (AvgIpc) is 3.42. The Morgan fingerprint density at radius 2 is 1.86 bits per heavy atom. The summed E-state index contributed by atoms with van der Waals surface area (Å²) < 4.78 is 15.4. The molecule has 4 saturated carbocycles. The summed E-state index contributed by atoms with van der Waals surface area (Å²) in [5.74, 6) is 1.37. The minimum atomic E-state index is -0.392. The normalized spacial score (nSPS) is 32.1. The van der Waals surface area contributed by atoms with Crippen LogP contribution in [0.15, 0.2) is 61.1 Å². The van der Waals surface area contributed by atoms with Gasteiger partial charge >= 0.3 is 6.03 Å². The van der Waals surface area contributed by atoms with Crippen LogP contribution >= 0.6 is 0 Å². The first-order valence-corrected chi connectivity index (χ1v) is 13.1. The SMILES string of the molecule is O=C(Nc1ccc(F)cc1)NC12CC3CC(C1)C(C(O)CC1c4ccccc4-c4cncn41)C(C3)C2. The number of hydrogen-bond acceptors (Lipinski definition) is 3. The van der Waals surface area contributed by atoms with Crippen LogP contribution in [0.3, 0.4) is 0 Å². The second-order valence-electron chi connectivity index (χ2n) is 11.5. The summed E-state index contributed by atoms with van der Waals surface area (Å²) in [7, 11) is 0. The van der Waals surface area contributed by atoms with Gasteiger partial charge in [-0.3, -0.25) is 0 Å². The lowest BCUT2D eigenvalue weighted by atomic mass is 9.48. The van der Waals surface area contributed by atoms with Crippen molar-refractivity contribution < 1.29 is 14.3 Å². The Morgan fingerprint density at radius 1 is 1.11 bits per heavy atom. The Balaban J connectivity index is 1.07. The number of hydrogen-bond donors (Lipinski definition) is 3. The van der Waals surface area contributed by atoms with E-state index in [4.69, 9.17) is 0 Å². The fourth-order valence-corrected chi connectivity index (χ4v) is 8.34. The number of aromatic nitrogens is 2. The molecular formula is C29H31FN4O2. The number of aliphatic hydroxyl groups excluding tert-OH is 1. The van der Waals surface area contributed by atoms with Crippen LogP contribution in [-0.4, -0.2) is 32.3 Å². The summed E-state index contributed by atoms with van der Waals surface area (Å²) in [6.07, 6.45) is 9.21. The molecule has 0 radical (unpaired) electrons. The fraction of sp³-hybridized carbons (Fsp3) is 0.448. The van der Waals surface area contributed by atoms with E-state index >= 15 is 0 Å². The van der Waals surface area contributed by atoms with Crippen LogP contribution in [0.2, 0.25) is 0 Å². The van der Waals surface area contributed by atoms with Gasteiger partial charge in [-0.05, 0) is 92.0 Å². The van der Waals surface area contributed by atoms with Crippen molar-refractivity contribution in [3.8, 4) is 11.3 Å². The molecule has 6 nitrogen and oxygen atoms in total. The van der Waals surface area contributed by atoms with Crippen molar-refractivity contribution >= 4 is 11.7 Å². The molecule has 4 unspecified atom stereocenters. The van der Waals surface area contributed by atoms with Crippen LogP contribution in [0.25, 0.3) is 11.3 Å². The van der Waals surface area contributed by atoms with Crippen molar-refractivity contribution in [2.45, 2.75) is 56.2 Å². The minimum absolute atomic E-state index is 0.111. The Labute approximate surface area is 209 Å². The van der Waals surface area contributed by atoms with Gasteiger partial charge in [0, 0.05) is 16.8 Å². The number of urea groups is 1. The molecule has 0 saturated heterocycles. The van der Waals surface area contributed by atoms with E-state index in [0.29, 0.717) is 29.9 Å². The van der Waals surface area contributed by atoms with E-state index in [-0.39, 0.29) is 29.3 Å². The maximum Gasteiger partial charge on any atom is 0.319 e. The zero-order valence-electron chi connectivity index (χ0n) is 20.1. The molecule has 186 valence electrons. The fourth-order valence-electron chi connectivity index (χ4n) is 8.34. The quantitative estimate of drug-likeness (QED) is 0.454. The lowest BCUT2D eigenvalue weighted by Gasteiger charge is -2.61. The topological polar surface area (TPSA) is 79.2 Å². The molecule has 8 rings (SSSR count). The monoisotopic (exact) mass is 486 g/mol. The van der Waals surface area contributed by atoms with Gasteiger partial charge in [0.1, 0.15) is 5.82 Å². The summed E-state index contributed by atoms with van der Waals surface area (Å²) in [5, 5.41) is 17.8. The van der Waals surface area contributed by atoms with Gasteiger partial charge in [0.2, 0.25) is 0 Å². The van der Waals surface area contributed by atoms with Gasteiger partial charge in [0.15, 0.2) is 0 Å². The number of aliphatic hydroxyl groups is 1.